The predicted molar refractivity (Wildman–Crippen MR) is 60.1 cm³/mol. The van der Waals surface area contributed by atoms with Gasteiger partial charge in [0.25, 0.3) is 0 Å². The molecule has 1 aromatic rings. The van der Waals surface area contributed by atoms with Crippen LogP contribution in [-0.2, 0) is 0 Å². The van der Waals surface area contributed by atoms with E-state index >= 15 is 0 Å². The molecule has 3 heteroatoms. The van der Waals surface area contributed by atoms with Gasteiger partial charge in [0.15, 0.2) is 0 Å². The highest BCUT2D eigenvalue weighted by atomic mass is 32.1. The molecule has 1 rings (SSSR count). The van der Waals surface area contributed by atoms with Gasteiger partial charge in [-0.1, -0.05) is 0 Å². The van der Waals surface area contributed by atoms with Gasteiger partial charge >= 0.3 is 0 Å². The Hall–Kier alpha value is -0.830. The topological polar surface area (TPSA) is 12.5 Å². The standard InChI is InChI=1S/C10H15NOS/c1-11(7-8-13)9-3-5-10(12-2)6-4-9/h3-6,13H,7-8H2,1-2H3. The van der Waals surface area contributed by atoms with E-state index in [-0.39, 0.29) is 0 Å². The van der Waals surface area contributed by atoms with Crippen LogP contribution in [0.5, 0.6) is 5.75 Å². The number of nitrogens with zero attached hydrogens (tertiary/aromatic N) is 1. The van der Waals surface area contributed by atoms with Gasteiger partial charge in [-0.15, -0.1) is 0 Å². The van der Waals surface area contributed by atoms with Crippen LogP contribution in [0, 0.1) is 0 Å². The number of methoxy groups -OCH3 is 1. The molecule has 1 aromatic carbocycles. The van der Waals surface area contributed by atoms with Crippen LogP contribution in [0.15, 0.2) is 24.3 Å². The Labute approximate surface area is 84.9 Å². The third kappa shape index (κ3) is 2.84. The van der Waals surface area contributed by atoms with Crippen LogP contribution in [-0.4, -0.2) is 26.5 Å². The summed E-state index contributed by atoms with van der Waals surface area (Å²) in [5.41, 5.74) is 1.19. The molecule has 0 radical (unpaired) electrons. The summed E-state index contributed by atoms with van der Waals surface area (Å²) in [7, 11) is 3.73. The molecule has 72 valence electrons. The quantitative estimate of drug-likeness (QED) is 0.742. The molecule has 0 aromatic heterocycles. The molecule has 0 amide bonds. The van der Waals surface area contributed by atoms with Crippen molar-refractivity contribution in [3.8, 4) is 5.75 Å². The maximum Gasteiger partial charge on any atom is 0.119 e. The first-order chi connectivity index (χ1) is 6.27. The lowest BCUT2D eigenvalue weighted by atomic mass is 10.3. The Balaban J connectivity index is 2.67. The average molecular weight is 197 g/mol. The first-order valence-corrected chi connectivity index (χ1v) is 4.87. The van der Waals surface area contributed by atoms with E-state index in [9.17, 15) is 0 Å². The Morgan fingerprint density at radius 2 is 1.92 bits per heavy atom. The molecule has 0 atom stereocenters. The van der Waals surface area contributed by atoms with Gasteiger partial charge in [0.05, 0.1) is 7.11 Å². The van der Waals surface area contributed by atoms with Crippen LogP contribution in [0.2, 0.25) is 0 Å². The van der Waals surface area contributed by atoms with E-state index in [1.54, 1.807) is 7.11 Å². The summed E-state index contributed by atoms with van der Waals surface area (Å²) in [6.07, 6.45) is 0. The van der Waals surface area contributed by atoms with Gasteiger partial charge in [-0.2, -0.15) is 12.6 Å². The number of benzene rings is 1. The molecule has 13 heavy (non-hydrogen) atoms. The van der Waals surface area contributed by atoms with E-state index in [0.29, 0.717) is 0 Å². The van der Waals surface area contributed by atoms with Crippen LogP contribution >= 0.6 is 12.6 Å². The number of hydrogen-bond acceptors (Lipinski definition) is 3. The summed E-state index contributed by atoms with van der Waals surface area (Å²) >= 11 is 4.18. The molecule has 2 nitrogen and oxygen atoms in total. The molecule has 0 aliphatic rings. The minimum absolute atomic E-state index is 0.864. The second kappa shape index (κ2) is 5.02. The van der Waals surface area contributed by atoms with Gasteiger partial charge in [-0.05, 0) is 24.3 Å². The number of rotatable bonds is 4. The van der Waals surface area contributed by atoms with Crippen LogP contribution in [0.4, 0.5) is 5.69 Å². The SMILES string of the molecule is COc1ccc(N(C)CCS)cc1. The molecular formula is C10H15NOS. The number of hydrogen-bond donors (Lipinski definition) is 1. The molecule has 0 bridgehead atoms. The lowest BCUT2D eigenvalue weighted by Crippen LogP contribution is -2.19. The Morgan fingerprint density at radius 1 is 1.31 bits per heavy atom. The van der Waals surface area contributed by atoms with Crippen molar-refractivity contribution in [1.29, 1.82) is 0 Å². The zero-order valence-corrected chi connectivity index (χ0v) is 8.92. The van der Waals surface area contributed by atoms with E-state index in [2.05, 4.69) is 24.6 Å². The molecule has 0 aliphatic heterocycles. The van der Waals surface area contributed by atoms with Gasteiger partial charge in [-0.3, -0.25) is 0 Å². The Morgan fingerprint density at radius 3 is 2.38 bits per heavy atom. The summed E-state index contributed by atoms with van der Waals surface area (Å²) in [5, 5.41) is 0. The van der Waals surface area contributed by atoms with Crippen molar-refractivity contribution in [2.24, 2.45) is 0 Å². The second-order valence-electron chi connectivity index (χ2n) is 2.84. The highest BCUT2D eigenvalue weighted by Crippen LogP contribution is 2.17. The monoisotopic (exact) mass is 197 g/mol. The van der Waals surface area contributed by atoms with Crippen LogP contribution < -0.4 is 9.64 Å². The fourth-order valence-electron chi connectivity index (χ4n) is 1.12. The molecule has 0 spiro atoms. The summed E-state index contributed by atoms with van der Waals surface area (Å²) in [4.78, 5) is 2.16. The molecule has 0 saturated heterocycles. The van der Waals surface area contributed by atoms with E-state index in [0.717, 1.165) is 18.0 Å². The van der Waals surface area contributed by atoms with Crippen LogP contribution in [0.1, 0.15) is 0 Å². The zero-order chi connectivity index (χ0) is 9.68. The first kappa shape index (κ1) is 10.3. The van der Waals surface area contributed by atoms with Crippen molar-refractivity contribution in [3.63, 3.8) is 0 Å². The largest absolute Gasteiger partial charge is 0.497 e. The van der Waals surface area contributed by atoms with Crippen molar-refractivity contribution >= 4 is 18.3 Å². The minimum Gasteiger partial charge on any atom is -0.497 e. The maximum absolute atomic E-state index is 5.08. The first-order valence-electron chi connectivity index (χ1n) is 4.24. The number of thiol groups is 1. The normalized spacial score (nSPS) is 9.77. The van der Waals surface area contributed by atoms with Crippen molar-refractivity contribution in [2.75, 3.05) is 31.4 Å². The Kier molecular flexibility index (Phi) is 3.96. The fraction of sp³-hybridized carbons (Fsp3) is 0.400. The third-order valence-corrected chi connectivity index (χ3v) is 2.15. The van der Waals surface area contributed by atoms with Gasteiger partial charge in [0.2, 0.25) is 0 Å². The van der Waals surface area contributed by atoms with E-state index in [1.807, 2.05) is 24.3 Å². The highest BCUT2D eigenvalue weighted by molar-refractivity contribution is 7.80. The molecule has 0 unspecified atom stereocenters. The number of ether oxygens (including phenoxy) is 1. The summed E-state index contributed by atoms with van der Waals surface area (Å²) < 4.78 is 5.08. The Bertz CT molecular complexity index is 248. The van der Waals surface area contributed by atoms with Crippen molar-refractivity contribution in [3.05, 3.63) is 24.3 Å². The van der Waals surface area contributed by atoms with Gasteiger partial charge in [0.1, 0.15) is 5.75 Å². The van der Waals surface area contributed by atoms with E-state index in [1.165, 1.54) is 5.69 Å². The van der Waals surface area contributed by atoms with Crippen molar-refractivity contribution in [2.45, 2.75) is 0 Å². The third-order valence-electron chi connectivity index (χ3n) is 1.95. The summed E-state index contributed by atoms with van der Waals surface area (Å²) in [6.45, 7) is 0.954. The van der Waals surface area contributed by atoms with Crippen molar-refractivity contribution in [1.82, 2.24) is 0 Å². The highest BCUT2D eigenvalue weighted by Gasteiger charge is 1.98. The molecule has 0 fully saturated rings. The molecule has 0 saturated carbocycles. The second-order valence-corrected chi connectivity index (χ2v) is 3.29. The predicted octanol–water partition coefficient (Wildman–Crippen LogP) is 2.06. The van der Waals surface area contributed by atoms with Gasteiger partial charge in [0, 0.05) is 25.0 Å². The zero-order valence-electron chi connectivity index (χ0n) is 8.03. The van der Waals surface area contributed by atoms with E-state index < -0.39 is 0 Å². The molecule has 0 aliphatic carbocycles. The summed E-state index contributed by atoms with van der Waals surface area (Å²) in [6, 6.07) is 8.01. The van der Waals surface area contributed by atoms with Crippen LogP contribution in [0.3, 0.4) is 0 Å². The van der Waals surface area contributed by atoms with Gasteiger partial charge < -0.3 is 9.64 Å². The van der Waals surface area contributed by atoms with Crippen molar-refractivity contribution < 1.29 is 4.74 Å². The lowest BCUT2D eigenvalue weighted by Gasteiger charge is -2.17. The minimum atomic E-state index is 0.864. The average Bonchev–Trinajstić information content (AvgIpc) is 2.18. The maximum atomic E-state index is 5.08. The summed E-state index contributed by atoms with van der Waals surface area (Å²) in [5.74, 6) is 1.76. The van der Waals surface area contributed by atoms with Gasteiger partial charge in [-0.25, -0.2) is 0 Å². The number of anilines is 1. The fourth-order valence-corrected chi connectivity index (χ4v) is 1.42. The molecule has 0 N–H and O–H groups in total. The van der Waals surface area contributed by atoms with E-state index in [4.69, 9.17) is 4.74 Å². The molecular weight excluding hydrogens is 182 g/mol. The lowest BCUT2D eigenvalue weighted by molar-refractivity contribution is 0.415. The molecule has 0 heterocycles. The van der Waals surface area contributed by atoms with Crippen LogP contribution in [0.25, 0.3) is 0 Å². The smallest absolute Gasteiger partial charge is 0.119 e.